The lowest BCUT2D eigenvalue weighted by molar-refractivity contribution is -0.0790. The number of halogens is 1. The van der Waals surface area contributed by atoms with Crippen molar-refractivity contribution in [1.82, 2.24) is 4.57 Å². The molecule has 0 bridgehead atoms. The molecular weight excluding hydrogens is 411 g/mol. The van der Waals surface area contributed by atoms with Crippen molar-refractivity contribution in [3.8, 4) is 34.2 Å². The summed E-state index contributed by atoms with van der Waals surface area (Å²) in [5, 5.41) is 9.08. The molecule has 1 aliphatic heterocycles. The molecule has 32 heavy (non-hydrogen) atoms. The van der Waals surface area contributed by atoms with Gasteiger partial charge in [0, 0.05) is 33.5 Å². The van der Waals surface area contributed by atoms with E-state index in [-0.39, 0.29) is 11.1 Å². The van der Waals surface area contributed by atoms with E-state index in [1.165, 1.54) is 12.3 Å². The highest BCUT2D eigenvalue weighted by Gasteiger charge is 2.43. The average Bonchev–Trinajstić information content (AvgIpc) is 2.80. The number of methoxy groups -OCH3 is 1. The summed E-state index contributed by atoms with van der Waals surface area (Å²) in [6.07, 6.45) is 4.97. The van der Waals surface area contributed by atoms with Crippen molar-refractivity contribution >= 4 is 5.97 Å². The maximum Gasteiger partial charge on any atom is 0.384 e. The van der Waals surface area contributed by atoms with Crippen molar-refractivity contribution in [3.05, 3.63) is 75.6 Å². The number of nitrogens with zero attached hydrogens (tertiary/aromatic N) is 2. The molecule has 2 heterocycles. The van der Waals surface area contributed by atoms with Crippen LogP contribution in [0.25, 0.3) is 22.4 Å². The molecule has 0 saturated heterocycles. The van der Waals surface area contributed by atoms with Gasteiger partial charge in [-0.2, -0.15) is 5.26 Å². The molecule has 3 aromatic rings. The molecule has 0 amide bonds. The monoisotopic (exact) mass is 430 g/mol. The van der Waals surface area contributed by atoms with Gasteiger partial charge in [0.15, 0.2) is 5.43 Å². The zero-order chi connectivity index (χ0) is 22.5. The predicted molar refractivity (Wildman–Crippen MR) is 115 cm³/mol. The Morgan fingerprint density at radius 1 is 1.16 bits per heavy atom. The summed E-state index contributed by atoms with van der Waals surface area (Å²) in [7, 11) is 1.58. The van der Waals surface area contributed by atoms with Crippen molar-refractivity contribution in [3.63, 3.8) is 0 Å². The van der Waals surface area contributed by atoms with Crippen LogP contribution in [-0.2, 0) is 16.9 Å². The largest absolute Gasteiger partial charge is 0.496 e. The summed E-state index contributed by atoms with van der Waals surface area (Å²) in [5.74, 6) is -0.649. The second kappa shape index (κ2) is 7.34. The van der Waals surface area contributed by atoms with E-state index < -0.39 is 11.4 Å². The van der Waals surface area contributed by atoms with Crippen molar-refractivity contribution < 1.29 is 19.0 Å². The summed E-state index contributed by atoms with van der Waals surface area (Å²) >= 11 is 0. The lowest BCUT2D eigenvalue weighted by Gasteiger charge is -2.49. The average molecular weight is 430 g/mol. The van der Waals surface area contributed by atoms with Crippen LogP contribution in [0.5, 0.6) is 5.75 Å². The van der Waals surface area contributed by atoms with E-state index in [1.54, 1.807) is 19.2 Å². The summed E-state index contributed by atoms with van der Waals surface area (Å²) in [6, 6.07) is 14.8. The topological polar surface area (TPSA) is 81.3 Å². The first-order chi connectivity index (χ1) is 15.5. The maximum atomic E-state index is 12.6. The second-order valence-corrected chi connectivity index (χ2v) is 8.32. The Balaban J connectivity index is 1.72. The third kappa shape index (κ3) is 2.91. The van der Waals surface area contributed by atoms with Crippen LogP contribution in [0.1, 0.15) is 40.7 Å². The summed E-state index contributed by atoms with van der Waals surface area (Å²) < 4.78 is 20.1. The first-order valence-corrected chi connectivity index (χ1v) is 10.3. The number of pyridine rings is 1. The lowest BCUT2D eigenvalue weighted by atomic mass is 9.69. The zero-order valence-corrected chi connectivity index (χ0v) is 17.4. The highest BCUT2D eigenvalue weighted by atomic mass is 19.3. The minimum atomic E-state index is -1.28. The summed E-state index contributed by atoms with van der Waals surface area (Å²) in [6.45, 7) is 0. The zero-order valence-electron chi connectivity index (χ0n) is 17.4. The fourth-order valence-corrected chi connectivity index (χ4v) is 4.90. The minimum absolute atomic E-state index is 0.266. The van der Waals surface area contributed by atoms with E-state index in [9.17, 15) is 14.1 Å². The van der Waals surface area contributed by atoms with Gasteiger partial charge in [-0.1, -0.05) is 12.1 Å². The molecular formula is C25H19FN2O4. The number of aromatic nitrogens is 1. The van der Waals surface area contributed by atoms with Gasteiger partial charge in [-0.15, -0.1) is 0 Å². The third-order valence-corrected chi connectivity index (χ3v) is 6.68. The Kier molecular flexibility index (Phi) is 4.59. The van der Waals surface area contributed by atoms with Gasteiger partial charge in [0.2, 0.25) is 0 Å². The second-order valence-electron chi connectivity index (χ2n) is 8.32. The first-order valence-electron chi connectivity index (χ1n) is 10.3. The minimum Gasteiger partial charge on any atom is -0.496 e. The van der Waals surface area contributed by atoms with Crippen LogP contribution < -0.4 is 10.2 Å². The molecule has 0 unspecified atom stereocenters. The van der Waals surface area contributed by atoms with Crippen LogP contribution in [0.2, 0.25) is 0 Å². The van der Waals surface area contributed by atoms with E-state index in [0.717, 1.165) is 47.9 Å². The van der Waals surface area contributed by atoms with Gasteiger partial charge in [-0.25, -0.2) is 9.74 Å². The van der Waals surface area contributed by atoms with Gasteiger partial charge in [0.25, 0.3) is 0 Å². The number of nitriles is 1. The van der Waals surface area contributed by atoms with Crippen LogP contribution in [0.3, 0.4) is 0 Å². The number of benzene rings is 2. The standard InChI is InChI=1S/C25H19FN2O4/c1-31-23-10-18-17(9-19(23)16-5-3-15(13-27)4-6-16)12-25(7-2-8-25)28-14-20(24(30)32-26)22(29)11-21(18)28/h3-6,9-11,14H,2,7-8,12H2,1H3. The predicted octanol–water partition coefficient (Wildman–Crippen LogP) is 4.54. The number of ether oxygens (including phenoxy) is 1. The molecule has 7 heteroatoms. The van der Waals surface area contributed by atoms with Crippen molar-refractivity contribution in [2.24, 2.45) is 0 Å². The molecule has 1 fully saturated rings. The molecule has 160 valence electrons. The Bertz CT molecular complexity index is 1350. The molecule has 1 spiro atoms. The van der Waals surface area contributed by atoms with Crippen LogP contribution in [0.15, 0.2) is 53.5 Å². The number of hydrogen-bond donors (Lipinski definition) is 0. The molecule has 0 atom stereocenters. The fraction of sp³-hybridized carbons (Fsp3) is 0.240. The molecule has 0 radical (unpaired) electrons. The van der Waals surface area contributed by atoms with Gasteiger partial charge < -0.3 is 9.30 Å². The van der Waals surface area contributed by atoms with Gasteiger partial charge in [-0.05, 0) is 61.1 Å². The molecule has 1 aliphatic carbocycles. The lowest BCUT2D eigenvalue weighted by Crippen LogP contribution is -2.46. The van der Waals surface area contributed by atoms with Crippen LogP contribution in [-0.4, -0.2) is 17.6 Å². The van der Waals surface area contributed by atoms with E-state index in [2.05, 4.69) is 17.1 Å². The van der Waals surface area contributed by atoms with Crippen LogP contribution in [0, 0.1) is 11.3 Å². The number of fused-ring (bicyclic) bond motifs is 4. The van der Waals surface area contributed by atoms with Gasteiger partial charge in [0.1, 0.15) is 11.3 Å². The SMILES string of the molecule is COc1cc2c(cc1-c1ccc(C#N)cc1)CC1(CCC1)n1cc(C(=O)OF)c(=O)cc1-2. The quantitative estimate of drug-likeness (QED) is 0.609. The number of carbonyl (C=O) groups excluding carboxylic acids is 1. The van der Waals surface area contributed by atoms with E-state index in [1.807, 2.05) is 22.8 Å². The Morgan fingerprint density at radius 3 is 2.50 bits per heavy atom. The molecule has 5 rings (SSSR count). The van der Waals surface area contributed by atoms with Crippen LogP contribution in [0.4, 0.5) is 4.53 Å². The first kappa shape index (κ1) is 20.0. The highest BCUT2D eigenvalue weighted by Crippen LogP contribution is 2.50. The molecule has 0 N–H and O–H groups in total. The van der Waals surface area contributed by atoms with Crippen molar-refractivity contribution in [1.29, 1.82) is 5.26 Å². The molecule has 1 saturated carbocycles. The molecule has 6 nitrogen and oxygen atoms in total. The highest BCUT2D eigenvalue weighted by molar-refractivity contribution is 5.89. The third-order valence-electron chi connectivity index (χ3n) is 6.68. The van der Waals surface area contributed by atoms with E-state index in [0.29, 0.717) is 17.0 Å². The number of hydrogen-bond acceptors (Lipinski definition) is 5. The Morgan fingerprint density at radius 2 is 1.91 bits per heavy atom. The molecule has 2 aliphatic rings. The molecule has 2 aromatic carbocycles. The van der Waals surface area contributed by atoms with Crippen molar-refractivity contribution in [2.75, 3.05) is 7.11 Å². The number of rotatable bonds is 3. The molecule has 1 aromatic heterocycles. The fourth-order valence-electron chi connectivity index (χ4n) is 4.90. The van der Waals surface area contributed by atoms with Crippen LogP contribution >= 0.6 is 0 Å². The Hall–Kier alpha value is -3.92. The summed E-state index contributed by atoms with van der Waals surface area (Å²) in [5.41, 5.74) is 3.83. The van der Waals surface area contributed by atoms with Gasteiger partial charge >= 0.3 is 5.97 Å². The van der Waals surface area contributed by atoms with Crippen molar-refractivity contribution in [2.45, 2.75) is 31.2 Å². The Labute approximate surface area is 183 Å². The van der Waals surface area contributed by atoms with Gasteiger partial charge in [0.05, 0.1) is 24.4 Å². The van der Waals surface area contributed by atoms with Gasteiger partial charge in [-0.3, -0.25) is 4.79 Å². The number of carbonyl (C=O) groups is 1. The van der Waals surface area contributed by atoms with E-state index >= 15 is 0 Å². The summed E-state index contributed by atoms with van der Waals surface area (Å²) in [4.78, 5) is 27.7. The van der Waals surface area contributed by atoms with E-state index in [4.69, 9.17) is 10.00 Å². The smallest absolute Gasteiger partial charge is 0.384 e. The normalized spacial score (nSPS) is 15.2. The maximum absolute atomic E-state index is 12.6.